The van der Waals surface area contributed by atoms with E-state index in [2.05, 4.69) is 0 Å². The molecule has 1 rings (SSSR count). The lowest BCUT2D eigenvalue weighted by Gasteiger charge is -2.13. The molecule has 0 radical (unpaired) electrons. The van der Waals surface area contributed by atoms with Gasteiger partial charge >= 0.3 is 0 Å². The number of rotatable bonds is 7. The molecule has 0 saturated carbocycles. The normalized spacial score (nSPS) is 12.7. The molecule has 5 heteroatoms. The molecule has 17 heavy (non-hydrogen) atoms. The summed E-state index contributed by atoms with van der Waals surface area (Å²) in [5, 5.41) is 0. The first-order valence-electron chi connectivity index (χ1n) is 5.51. The maximum absolute atomic E-state index is 13.3. The Balaban J connectivity index is 2.41. The summed E-state index contributed by atoms with van der Waals surface area (Å²) in [6, 6.07) is 2.53. The van der Waals surface area contributed by atoms with Gasteiger partial charge in [-0.05, 0) is 25.1 Å². The van der Waals surface area contributed by atoms with Crippen molar-refractivity contribution in [3.05, 3.63) is 35.4 Å². The van der Waals surface area contributed by atoms with Crippen molar-refractivity contribution < 1.29 is 18.3 Å². The van der Waals surface area contributed by atoms with Crippen LogP contribution in [0.3, 0.4) is 0 Å². The van der Waals surface area contributed by atoms with Crippen LogP contribution in [0.2, 0.25) is 0 Å². The maximum atomic E-state index is 13.3. The van der Waals surface area contributed by atoms with Crippen molar-refractivity contribution in [2.75, 3.05) is 26.4 Å². The molecule has 0 spiro atoms. The van der Waals surface area contributed by atoms with E-state index in [1.807, 2.05) is 6.92 Å². The first kappa shape index (κ1) is 14.0. The summed E-state index contributed by atoms with van der Waals surface area (Å²) in [5.74, 6) is -1.03. The van der Waals surface area contributed by atoms with Crippen LogP contribution in [0.15, 0.2) is 18.2 Å². The van der Waals surface area contributed by atoms with Crippen molar-refractivity contribution in [3.63, 3.8) is 0 Å². The van der Waals surface area contributed by atoms with Gasteiger partial charge in [-0.15, -0.1) is 0 Å². The Kier molecular flexibility index (Phi) is 6.04. The largest absolute Gasteiger partial charge is 0.379 e. The predicted octanol–water partition coefficient (Wildman–Crippen LogP) is 2.02. The van der Waals surface area contributed by atoms with Gasteiger partial charge in [0, 0.05) is 12.2 Å². The van der Waals surface area contributed by atoms with Gasteiger partial charge in [0.25, 0.3) is 0 Å². The van der Waals surface area contributed by atoms with Gasteiger partial charge in [0.05, 0.1) is 25.9 Å². The van der Waals surface area contributed by atoms with E-state index in [4.69, 9.17) is 15.2 Å². The molecular weight excluding hydrogens is 228 g/mol. The quantitative estimate of drug-likeness (QED) is 0.747. The summed E-state index contributed by atoms with van der Waals surface area (Å²) in [5.41, 5.74) is 5.83. The van der Waals surface area contributed by atoms with E-state index in [9.17, 15) is 8.78 Å². The highest BCUT2D eigenvalue weighted by Crippen LogP contribution is 2.16. The fourth-order valence-electron chi connectivity index (χ4n) is 1.36. The molecule has 0 aliphatic heterocycles. The summed E-state index contributed by atoms with van der Waals surface area (Å²) in [7, 11) is 0. The molecule has 0 fully saturated rings. The zero-order valence-corrected chi connectivity index (χ0v) is 9.79. The van der Waals surface area contributed by atoms with Gasteiger partial charge < -0.3 is 15.2 Å². The number of halogens is 2. The second kappa shape index (κ2) is 7.32. The molecule has 0 amide bonds. The van der Waals surface area contributed by atoms with Gasteiger partial charge in [-0.25, -0.2) is 8.78 Å². The van der Waals surface area contributed by atoms with Crippen LogP contribution in [0.1, 0.15) is 18.5 Å². The molecule has 96 valence electrons. The minimum atomic E-state index is -0.674. The van der Waals surface area contributed by atoms with Crippen LogP contribution in [0, 0.1) is 11.6 Å². The van der Waals surface area contributed by atoms with Gasteiger partial charge in [0.1, 0.15) is 11.6 Å². The van der Waals surface area contributed by atoms with Crippen molar-refractivity contribution in [2.24, 2.45) is 5.73 Å². The summed E-state index contributed by atoms with van der Waals surface area (Å²) in [6.45, 7) is 3.49. The topological polar surface area (TPSA) is 44.5 Å². The number of benzene rings is 1. The molecule has 1 unspecified atom stereocenters. The van der Waals surface area contributed by atoms with Crippen LogP contribution >= 0.6 is 0 Å². The fourth-order valence-corrected chi connectivity index (χ4v) is 1.36. The number of nitrogens with two attached hydrogens (primary N) is 1. The van der Waals surface area contributed by atoms with E-state index in [0.717, 1.165) is 18.2 Å². The lowest BCUT2D eigenvalue weighted by Crippen LogP contribution is -2.20. The van der Waals surface area contributed by atoms with E-state index in [0.29, 0.717) is 19.8 Å². The second-order valence-corrected chi connectivity index (χ2v) is 3.54. The van der Waals surface area contributed by atoms with Crippen LogP contribution in [0.4, 0.5) is 8.78 Å². The molecule has 1 aromatic carbocycles. The predicted molar refractivity (Wildman–Crippen MR) is 60.6 cm³/mol. The number of hydrogen-bond donors (Lipinski definition) is 1. The van der Waals surface area contributed by atoms with E-state index in [1.165, 1.54) is 0 Å². The molecule has 0 aliphatic carbocycles. The summed E-state index contributed by atoms with van der Waals surface area (Å²) >= 11 is 0. The molecule has 0 aliphatic rings. The Hall–Kier alpha value is -1.04. The van der Waals surface area contributed by atoms with E-state index in [-0.39, 0.29) is 12.2 Å². The van der Waals surface area contributed by atoms with Gasteiger partial charge in [-0.2, -0.15) is 0 Å². The molecule has 2 N–H and O–H groups in total. The monoisotopic (exact) mass is 245 g/mol. The Labute approximate surface area is 99.5 Å². The van der Waals surface area contributed by atoms with Crippen molar-refractivity contribution in [1.29, 1.82) is 0 Å². The van der Waals surface area contributed by atoms with Crippen LogP contribution in [0.5, 0.6) is 0 Å². The van der Waals surface area contributed by atoms with Crippen LogP contribution in [-0.2, 0) is 9.47 Å². The van der Waals surface area contributed by atoms with Crippen LogP contribution in [0.25, 0.3) is 0 Å². The number of hydrogen-bond acceptors (Lipinski definition) is 3. The minimum absolute atomic E-state index is 0.126. The first-order chi connectivity index (χ1) is 8.15. The third-order valence-electron chi connectivity index (χ3n) is 2.23. The average molecular weight is 245 g/mol. The second-order valence-electron chi connectivity index (χ2n) is 3.54. The van der Waals surface area contributed by atoms with Crippen LogP contribution in [-0.4, -0.2) is 26.4 Å². The summed E-state index contributed by atoms with van der Waals surface area (Å²) in [4.78, 5) is 0. The van der Waals surface area contributed by atoms with E-state index >= 15 is 0 Å². The zero-order chi connectivity index (χ0) is 12.7. The van der Waals surface area contributed by atoms with Gasteiger partial charge in [0.2, 0.25) is 0 Å². The molecule has 1 aromatic rings. The third kappa shape index (κ3) is 4.77. The van der Waals surface area contributed by atoms with E-state index in [1.54, 1.807) is 0 Å². The van der Waals surface area contributed by atoms with Gasteiger partial charge in [-0.1, -0.05) is 0 Å². The molecular formula is C12H17F2NO2. The van der Waals surface area contributed by atoms with Gasteiger partial charge in [-0.3, -0.25) is 0 Å². The van der Waals surface area contributed by atoms with E-state index < -0.39 is 17.7 Å². The molecule has 0 heterocycles. The third-order valence-corrected chi connectivity index (χ3v) is 2.23. The lowest BCUT2D eigenvalue weighted by molar-refractivity contribution is 0.0469. The molecule has 0 bridgehead atoms. The molecule has 0 saturated heterocycles. The lowest BCUT2D eigenvalue weighted by atomic mass is 10.1. The Morgan fingerprint density at radius 2 is 1.94 bits per heavy atom. The summed E-state index contributed by atoms with van der Waals surface area (Å²) < 4.78 is 36.5. The minimum Gasteiger partial charge on any atom is -0.379 e. The average Bonchev–Trinajstić information content (AvgIpc) is 2.32. The van der Waals surface area contributed by atoms with Crippen molar-refractivity contribution in [3.8, 4) is 0 Å². The Morgan fingerprint density at radius 3 is 2.65 bits per heavy atom. The van der Waals surface area contributed by atoms with Crippen molar-refractivity contribution in [1.82, 2.24) is 0 Å². The SMILES string of the molecule is CCOCCOCC(N)c1cc(F)ccc1F. The molecule has 0 aromatic heterocycles. The van der Waals surface area contributed by atoms with Crippen molar-refractivity contribution >= 4 is 0 Å². The Bertz CT molecular complexity index is 347. The van der Waals surface area contributed by atoms with Gasteiger partial charge in [0.15, 0.2) is 0 Å². The maximum Gasteiger partial charge on any atom is 0.128 e. The number of ether oxygens (including phenoxy) is 2. The zero-order valence-electron chi connectivity index (χ0n) is 9.79. The molecule has 1 atom stereocenters. The smallest absolute Gasteiger partial charge is 0.128 e. The Morgan fingerprint density at radius 1 is 1.24 bits per heavy atom. The summed E-state index contributed by atoms with van der Waals surface area (Å²) in [6.07, 6.45) is 0. The standard InChI is InChI=1S/C12H17F2NO2/c1-2-16-5-6-17-8-12(15)10-7-9(13)3-4-11(10)14/h3-4,7,12H,2,5-6,8,15H2,1H3. The fraction of sp³-hybridized carbons (Fsp3) is 0.500. The van der Waals surface area contributed by atoms with Crippen LogP contribution < -0.4 is 5.73 Å². The van der Waals surface area contributed by atoms with Crippen molar-refractivity contribution in [2.45, 2.75) is 13.0 Å². The highest BCUT2D eigenvalue weighted by Gasteiger charge is 2.12. The highest BCUT2D eigenvalue weighted by molar-refractivity contribution is 5.22. The highest BCUT2D eigenvalue weighted by atomic mass is 19.1. The first-order valence-corrected chi connectivity index (χ1v) is 5.51. The molecule has 3 nitrogen and oxygen atoms in total.